The molecule has 0 aliphatic rings. The molecule has 0 unspecified atom stereocenters. The van der Waals surface area contributed by atoms with Crippen molar-refractivity contribution in [3.63, 3.8) is 0 Å². The van der Waals surface area contributed by atoms with Gasteiger partial charge in [0.15, 0.2) is 0 Å². The van der Waals surface area contributed by atoms with Gasteiger partial charge in [0.25, 0.3) is 0 Å². The molecule has 0 saturated carbocycles. The summed E-state index contributed by atoms with van der Waals surface area (Å²) in [7, 11) is 0. The van der Waals surface area contributed by atoms with Crippen molar-refractivity contribution in [2.24, 2.45) is 0 Å². The molecule has 2 aromatic rings. The third-order valence-corrected chi connectivity index (χ3v) is 3.92. The fraction of sp³-hybridized carbons (Fsp3) is 0.438. The van der Waals surface area contributed by atoms with E-state index >= 15 is 0 Å². The number of hydrogen-bond donors (Lipinski definition) is 0. The summed E-state index contributed by atoms with van der Waals surface area (Å²) in [5.41, 5.74) is 0.128. The molecule has 0 fully saturated rings. The molecule has 0 aliphatic carbocycles. The first-order valence-electron chi connectivity index (χ1n) is 7.28. The molecule has 126 valence electrons. The van der Waals surface area contributed by atoms with Gasteiger partial charge in [-0.15, -0.1) is 0 Å². The van der Waals surface area contributed by atoms with Crippen molar-refractivity contribution in [2.45, 2.75) is 38.8 Å². The van der Waals surface area contributed by atoms with E-state index in [-0.39, 0.29) is 12.4 Å². The lowest BCUT2D eigenvalue weighted by Gasteiger charge is -2.14. The van der Waals surface area contributed by atoms with Gasteiger partial charge in [-0.2, -0.15) is 13.2 Å². The number of ether oxygens (including phenoxy) is 1. The Hall–Kier alpha value is -1.25. The van der Waals surface area contributed by atoms with Crippen molar-refractivity contribution in [2.75, 3.05) is 6.61 Å². The number of unbranched alkanes of at least 4 members (excludes halogenated alkanes) is 2. The second-order valence-electron chi connectivity index (χ2n) is 5.23. The maximum Gasteiger partial charge on any atom is 0.419 e. The van der Waals surface area contributed by atoms with Gasteiger partial charge < -0.3 is 9.26 Å². The molecule has 0 atom stereocenters. The summed E-state index contributed by atoms with van der Waals surface area (Å²) in [6.45, 7) is 2.12. The Morgan fingerprint density at radius 1 is 1.17 bits per heavy atom. The van der Waals surface area contributed by atoms with Crippen LogP contribution in [-0.2, 0) is 12.6 Å². The molecule has 3 nitrogen and oxygen atoms in total. The topological polar surface area (TPSA) is 35.3 Å². The maximum atomic E-state index is 12.9. The van der Waals surface area contributed by atoms with Crippen LogP contribution in [0, 0.1) is 10.5 Å². The summed E-state index contributed by atoms with van der Waals surface area (Å²) in [6.07, 6.45) is -1.20. The molecule has 1 aromatic carbocycles. The zero-order chi connectivity index (χ0) is 16.9. The fourth-order valence-corrected chi connectivity index (χ4v) is 2.64. The summed E-state index contributed by atoms with van der Waals surface area (Å²) in [4.78, 5) is 0. The van der Waals surface area contributed by atoms with Gasteiger partial charge in [0, 0.05) is 16.1 Å². The van der Waals surface area contributed by atoms with Crippen molar-refractivity contribution in [3.05, 3.63) is 44.9 Å². The number of benzene rings is 1. The van der Waals surface area contributed by atoms with Crippen molar-refractivity contribution in [1.29, 1.82) is 0 Å². The number of aromatic nitrogens is 1. The number of rotatable bonds is 7. The summed E-state index contributed by atoms with van der Waals surface area (Å²) >= 11 is 1.86. The number of nitrogens with zero attached hydrogens (tertiary/aromatic N) is 1. The molecule has 2 rings (SSSR count). The molecule has 0 aliphatic heterocycles. The highest BCUT2D eigenvalue weighted by molar-refractivity contribution is 14.1. The molecule has 1 heterocycles. The van der Waals surface area contributed by atoms with E-state index in [0.29, 0.717) is 9.99 Å². The van der Waals surface area contributed by atoms with Crippen LogP contribution in [0.15, 0.2) is 28.8 Å². The van der Waals surface area contributed by atoms with E-state index in [0.717, 1.165) is 36.8 Å². The minimum absolute atomic E-state index is 0.108. The fourth-order valence-electron chi connectivity index (χ4n) is 2.14. The smallest absolute Gasteiger partial charge is 0.419 e. The van der Waals surface area contributed by atoms with Crippen molar-refractivity contribution < 1.29 is 22.4 Å². The van der Waals surface area contributed by atoms with Crippen LogP contribution in [0.3, 0.4) is 0 Å². The number of halogens is 4. The van der Waals surface area contributed by atoms with Crippen molar-refractivity contribution in [3.8, 4) is 5.75 Å². The van der Waals surface area contributed by atoms with Crippen molar-refractivity contribution in [1.82, 2.24) is 5.16 Å². The van der Waals surface area contributed by atoms with Crippen LogP contribution in [0.4, 0.5) is 13.2 Å². The van der Waals surface area contributed by atoms with Gasteiger partial charge in [-0.3, -0.25) is 0 Å². The molecule has 1 aromatic heterocycles. The predicted molar refractivity (Wildman–Crippen MR) is 88.5 cm³/mol. The molecule has 0 amide bonds. The Bertz CT molecular complexity index is 640. The first-order valence-corrected chi connectivity index (χ1v) is 8.36. The maximum absolute atomic E-state index is 12.9. The molecule has 0 spiro atoms. The van der Waals surface area contributed by atoms with Gasteiger partial charge in [-0.1, -0.05) is 5.16 Å². The highest BCUT2D eigenvalue weighted by Crippen LogP contribution is 2.37. The molecular weight excluding hydrogens is 422 g/mol. The summed E-state index contributed by atoms with van der Waals surface area (Å²) in [5, 5.41) is 3.80. The van der Waals surface area contributed by atoms with Crippen LogP contribution in [-0.4, -0.2) is 11.8 Å². The normalized spacial score (nSPS) is 11.7. The van der Waals surface area contributed by atoms with Gasteiger partial charge in [0.05, 0.1) is 17.9 Å². The van der Waals surface area contributed by atoms with Crippen LogP contribution in [0.1, 0.15) is 36.3 Å². The summed E-state index contributed by atoms with van der Waals surface area (Å²) < 4.78 is 49.8. The highest BCUT2D eigenvalue weighted by atomic mass is 127. The first-order chi connectivity index (χ1) is 10.9. The van der Waals surface area contributed by atoms with Crippen LogP contribution in [0.25, 0.3) is 0 Å². The second-order valence-corrected chi connectivity index (χ2v) is 6.48. The lowest BCUT2D eigenvalue weighted by atomic mass is 10.1. The standard InChI is InChI=1S/C16H17F3INO2/c1-11-9-13(23-21-11)5-3-2-4-8-22-15-7-6-12(20)10-14(15)16(17,18)19/h6-7,9-10H,2-5,8H2,1H3. The molecular formula is C16H17F3INO2. The van der Waals surface area contributed by atoms with E-state index in [4.69, 9.17) is 9.26 Å². The molecule has 0 saturated heterocycles. The minimum Gasteiger partial charge on any atom is -0.493 e. The number of aryl methyl sites for hydroxylation is 2. The zero-order valence-electron chi connectivity index (χ0n) is 12.6. The van der Waals surface area contributed by atoms with Crippen LogP contribution < -0.4 is 4.74 Å². The lowest BCUT2D eigenvalue weighted by molar-refractivity contribution is -0.139. The summed E-state index contributed by atoms with van der Waals surface area (Å²) in [5.74, 6) is 0.726. The average molecular weight is 439 g/mol. The van der Waals surface area contributed by atoms with Gasteiger partial charge in [-0.05, 0) is 67.0 Å². The van der Waals surface area contributed by atoms with Gasteiger partial charge in [-0.25, -0.2) is 0 Å². The largest absolute Gasteiger partial charge is 0.493 e. The van der Waals surface area contributed by atoms with Gasteiger partial charge >= 0.3 is 6.18 Å². The second kappa shape index (κ2) is 8.03. The van der Waals surface area contributed by atoms with E-state index in [9.17, 15) is 13.2 Å². The first kappa shape index (κ1) is 18.1. The van der Waals surface area contributed by atoms with Crippen LogP contribution in [0.2, 0.25) is 0 Å². The zero-order valence-corrected chi connectivity index (χ0v) is 14.8. The molecule has 0 bridgehead atoms. The average Bonchev–Trinajstić information content (AvgIpc) is 2.88. The van der Waals surface area contributed by atoms with E-state index in [1.54, 1.807) is 6.07 Å². The number of hydrogen-bond acceptors (Lipinski definition) is 3. The Kier molecular flexibility index (Phi) is 6.32. The quantitative estimate of drug-likeness (QED) is 0.428. The lowest BCUT2D eigenvalue weighted by Crippen LogP contribution is -2.09. The Morgan fingerprint density at radius 2 is 1.96 bits per heavy atom. The Labute approximate surface area is 146 Å². The molecule has 0 radical (unpaired) electrons. The van der Waals surface area contributed by atoms with Gasteiger partial charge in [0.2, 0.25) is 0 Å². The SMILES string of the molecule is Cc1cc(CCCCCOc2ccc(I)cc2C(F)(F)F)on1. The molecule has 0 N–H and O–H groups in total. The Morgan fingerprint density at radius 3 is 2.61 bits per heavy atom. The van der Waals surface area contributed by atoms with Crippen LogP contribution >= 0.6 is 22.6 Å². The van der Waals surface area contributed by atoms with E-state index < -0.39 is 11.7 Å². The molecule has 23 heavy (non-hydrogen) atoms. The van der Waals surface area contributed by atoms with Crippen molar-refractivity contribution >= 4 is 22.6 Å². The third kappa shape index (κ3) is 5.71. The third-order valence-electron chi connectivity index (χ3n) is 3.25. The van der Waals surface area contributed by atoms with E-state index in [1.807, 2.05) is 35.6 Å². The van der Waals surface area contributed by atoms with E-state index in [2.05, 4.69) is 5.16 Å². The predicted octanol–water partition coefficient (Wildman–Crippen LogP) is 5.40. The Balaban J connectivity index is 1.76. The minimum atomic E-state index is -4.40. The summed E-state index contributed by atoms with van der Waals surface area (Å²) in [6, 6.07) is 5.97. The van der Waals surface area contributed by atoms with Crippen LogP contribution in [0.5, 0.6) is 5.75 Å². The number of alkyl halides is 3. The monoisotopic (exact) mass is 439 g/mol. The van der Waals surface area contributed by atoms with E-state index in [1.165, 1.54) is 6.07 Å². The highest BCUT2D eigenvalue weighted by Gasteiger charge is 2.34. The molecule has 7 heteroatoms. The van der Waals surface area contributed by atoms with Gasteiger partial charge in [0.1, 0.15) is 11.5 Å².